The van der Waals surface area contributed by atoms with E-state index in [2.05, 4.69) is 0 Å². The molecule has 2 rings (SSSR count). The third-order valence-corrected chi connectivity index (χ3v) is 5.86. The molecule has 1 N–H and O–H groups in total. The number of carbonyl (C=O) groups is 2. The summed E-state index contributed by atoms with van der Waals surface area (Å²) in [4.78, 5) is 26.6. The summed E-state index contributed by atoms with van der Waals surface area (Å²) in [5.41, 5.74) is 0. The summed E-state index contributed by atoms with van der Waals surface area (Å²) in [5, 5.41) is 9.08. The van der Waals surface area contributed by atoms with Gasteiger partial charge in [-0.25, -0.2) is 13.2 Å². The van der Waals surface area contributed by atoms with Crippen LogP contribution >= 0.6 is 0 Å². The van der Waals surface area contributed by atoms with Crippen molar-refractivity contribution in [1.82, 2.24) is 9.80 Å². The van der Waals surface area contributed by atoms with Crippen LogP contribution in [0.4, 0.5) is 4.79 Å². The smallest absolute Gasteiger partial charge is 0.320 e. The number of nitrogens with zero attached hydrogens (tertiary/aromatic N) is 2. The van der Waals surface area contributed by atoms with Crippen molar-refractivity contribution < 1.29 is 23.1 Å². The fourth-order valence-electron chi connectivity index (χ4n) is 2.85. The number of amides is 2. The van der Waals surface area contributed by atoms with Gasteiger partial charge < -0.3 is 14.9 Å². The van der Waals surface area contributed by atoms with Crippen LogP contribution < -0.4 is 0 Å². The van der Waals surface area contributed by atoms with E-state index in [-0.39, 0.29) is 30.1 Å². The molecule has 2 aliphatic heterocycles. The first-order valence-corrected chi connectivity index (χ1v) is 8.63. The molecule has 0 aromatic heterocycles. The average molecular weight is 304 g/mol. The van der Waals surface area contributed by atoms with Crippen molar-refractivity contribution >= 4 is 21.8 Å². The van der Waals surface area contributed by atoms with E-state index in [1.54, 1.807) is 11.8 Å². The number of aliphatic carboxylic acids is 1. The van der Waals surface area contributed by atoms with Crippen LogP contribution in [-0.2, 0) is 14.6 Å². The largest absolute Gasteiger partial charge is 0.481 e. The molecule has 2 saturated heterocycles. The molecular weight excluding hydrogens is 284 g/mol. The van der Waals surface area contributed by atoms with E-state index in [9.17, 15) is 18.0 Å². The lowest BCUT2D eigenvalue weighted by Gasteiger charge is -2.30. The molecule has 2 heterocycles. The van der Waals surface area contributed by atoms with Gasteiger partial charge in [-0.15, -0.1) is 0 Å². The van der Waals surface area contributed by atoms with Gasteiger partial charge in [0.1, 0.15) is 0 Å². The molecule has 2 aliphatic rings. The Morgan fingerprint density at radius 1 is 1.15 bits per heavy atom. The monoisotopic (exact) mass is 304 g/mol. The summed E-state index contributed by atoms with van der Waals surface area (Å²) >= 11 is 0. The molecule has 0 aromatic rings. The van der Waals surface area contributed by atoms with Crippen LogP contribution in [0.15, 0.2) is 0 Å². The Labute approximate surface area is 118 Å². The van der Waals surface area contributed by atoms with Gasteiger partial charge in [0.25, 0.3) is 0 Å². The molecule has 0 saturated carbocycles. The van der Waals surface area contributed by atoms with Crippen molar-refractivity contribution in [2.75, 3.05) is 31.1 Å². The summed E-state index contributed by atoms with van der Waals surface area (Å²) in [7, 11) is -3.05. The number of urea groups is 1. The zero-order valence-corrected chi connectivity index (χ0v) is 12.3. The van der Waals surface area contributed by atoms with E-state index in [1.807, 2.05) is 0 Å². The van der Waals surface area contributed by atoms with Crippen LogP contribution in [-0.4, -0.2) is 72.5 Å². The van der Waals surface area contributed by atoms with Crippen LogP contribution in [0.3, 0.4) is 0 Å². The average Bonchev–Trinajstić information content (AvgIpc) is 2.64. The van der Waals surface area contributed by atoms with Gasteiger partial charge in [-0.2, -0.15) is 0 Å². The summed E-state index contributed by atoms with van der Waals surface area (Å²) in [5.74, 6) is -1.31. The van der Waals surface area contributed by atoms with E-state index in [0.29, 0.717) is 25.9 Å². The maximum absolute atomic E-state index is 12.4. The van der Waals surface area contributed by atoms with E-state index in [1.165, 1.54) is 4.90 Å². The normalized spacial score (nSPS) is 30.1. The van der Waals surface area contributed by atoms with Gasteiger partial charge in [0.15, 0.2) is 9.84 Å². The molecule has 0 bridgehead atoms. The Bertz CT molecular complexity index is 504. The van der Waals surface area contributed by atoms with Crippen molar-refractivity contribution in [1.29, 1.82) is 0 Å². The van der Waals surface area contributed by atoms with Crippen LogP contribution in [0.1, 0.15) is 19.8 Å². The molecule has 0 spiro atoms. The Kier molecular flexibility index (Phi) is 4.22. The van der Waals surface area contributed by atoms with E-state index < -0.39 is 21.7 Å². The molecular formula is C12H20N2O5S. The molecule has 114 valence electrons. The van der Waals surface area contributed by atoms with Gasteiger partial charge in [0.05, 0.1) is 17.4 Å². The van der Waals surface area contributed by atoms with Gasteiger partial charge in [0, 0.05) is 25.7 Å². The molecule has 0 radical (unpaired) electrons. The Morgan fingerprint density at radius 3 is 2.45 bits per heavy atom. The molecule has 8 heteroatoms. The Morgan fingerprint density at radius 2 is 1.85 bits per heavy atom. The summed E-state index contributed by atoms with van der Waals surface area (Å²) in [6.07, 6.45) is 0.896. The second-order valence-electron chi connectivity index (χ2n) is 5.44. The first-order valence-electron chi connectivity index (χ1n) is 6.80. The minimum absolute atomic E-state index is 0.0106. The fourth-order valence-corrected chi connectivity index (χ4v) is 4.12. The predicted octanol–water partition coefficient (Wildman–Crippen LogP) is 0.0219. The second-order valence-corrected chi connectivity index (χ2v) is 7.75. The van der Waals surface area contributed by atoms with Crippen molar-refractivity contribution in [3.05, 3.63) is 0 Å². The van der Waals surface area contributed by atoms with Crippen LogP contribution in [0, 0.1) is 5.92 Å². The highest BCUT2D eigenvalue weighted by atomic mass is 32.2. The quantitative estimate of drug-likeness (QED) is 0.737. The first kappa shape index (κ1) is 15.1. The van der Waals surface area contributed by atoms with Crippen LogP contribution in [0.25, 0.3) is 0 Å². The maximum atomic E-state index is 12.4. The molecule has 2 unspecified atom stereocenters. The number of carboxylic acid groups (broad SMARTS) is 1. The van der Waals surface area contributed by atoms with E-state index >= 15 is 0 Å². The lowest BCUT2D eigenvalue weighted by atomic mass is 10.0. The first-order chi connectivity index (χ1) is 9.32. The summed E-state index contributed by atoms with van der Waals surface area (Å²) < 4.78 is 23.1. The molecule has 2 fully saturated rings. The number of hydrogen-bond acceptors (Lipinski definition) is 4. The number of rotatable bonds is 1. The number of sulfone groups is 1. The predicted molar refractivity (Wildman–Crippen MR) is 72.2 cm³/mol. The van der Waals surface area contributed by atoms with Crippen molar-refractivity contribution in [2.24, 2.45) is 5.92 Å². The number of hydrogen-bond donors (Lipinski definition) is 1. The lowest BCUT2D eigenvalue weighted by Crippen LogP contribution is -2.47. The van der Waals surface area contributed by atoms with E-state index in [4.69, 9.17) is 5.11 Å². The number of likely N-dealkylation sites (tertiary alicyclic amines) is 1. The molecule has 20 heavy (non-hydrogen) atoms. The van der Waals surface area contributed by atoms with Gasteiger partial charge in [0.2, 0.25) is 0 Å². The highest BCUT2D eigenvalue weighted by Gasteiger charge is 2.40. The SMILES string of the molecule is CC1C(C(=O)O)CCN1C(=O)N1CCCS(=O)(=O)CC1. The molecule has 2 atom stereocenters. The maximum Gasteiger partial charge on any atom is 0.320 e. The molecule has 0 aliphatic carbocycles. The fraction of sp³-hybridized carbons (Fsp3) is 0.833. The molecule has 0 aromatic carbocycles. The summed E-state index contributed by atoms with van der Waals surface area (Å²) in [6.45, 7) is 2.76. The molecule has 7 nitrogen and oxygen atoms in total. The minimum Gasteiger partial charge on any atom is -0.481 e. The van der Waals surface area contributed by atoms with Gasteiger partial charge >= 0.3 is 12.0 Å². The Hall–Kier alpha value is -1.31. The number of carbonyl (C=O) groups excluding carboxylic acids is 1. The van der Waals surface area contributed by atoms with Crippen molar-refractivity contribution in [3.8, 4) is 0 Å². The van der Waals surface area contributed by atoms with Crippen LogP contribution in [0.5, 0.6) is 0 Å². The lowest BCUT2D eigenvalue weighted by molar-refractivity contribution is -0.142. The standard InChI is InChI=1S/C12H20N2O5S/c1-9-10(11(15)16)3-5-14(9)12(17)13-4-2-7-20(18,19)8-6-13/h9-10H,2-8H2,1H3,(H,15,16). The zero-order valence-electron chi connectivity index (χ0n) is 11.5. The third-order valence-electron chi connectivity index (χ3n) is 4.14. The highest BCUT2D eigenvalue weighted by molar-refractivity contribution is 7.91. The highest BCUT2D eigenvalue weighted by Crippen LogP contribution is 2.25. The number of carboxylic acids is 1. The molecule has 2 amide bonds. The van der Waals surface area contributed by atoms with E-state index in [0.717, 1.165) is 0 Å². The van der Waals surface area contributed by atoms with Gasteiger partial charge in [-0.05, 0) is 19.8 Å². The minimum atomic E-state index is -3.05. The summed E-state index contributed by atoms with van der Waals surface area (Å²) in [6, 6.07) is -0.585. The van der Waals surface area contributed by atoms with Crippen LogP contribution in [0.2, 0.25) is 0 Å². The van der Waals surface area contributed by atoms with Crippen molar-refractivity contribution in [2.45, 2.75) is 25.8 Å². The van der Waals surface area contributed by atoms with Gasteiger partial charge in [-0.1, -0.05) is 0 Å². The zero-order chi connectivity index (χ0) is 14.9. The Balaban J connectivity index is 2.03. The third kappa shape index (κ3) is 3.05. The van der Waals surface area contributed by atoms with Crippen molar-refractivity contribution in [3.63, 3.8) is 0 Å². The topological polar surface area (TPSA) is 95.0 Å². The second kappa shape index (κ2) is 5.59. The van der Waals surface area contributed by atoms with Gasteiger partial charge in [-0.3, -0.25) is 4.79 Å².